The average Bonchev–Trinajstić information content (AvgIpc) is 3.67. The molecule has 5 nitrogen and oxygen atoms in total. The van der Waals surface area contributed by atoms with Crippen molar-refractivity contribution in [2.45, 2.75) is 43.3 Å². The third-order valence-corrected chi connectivity index (χ3v) is 6.03. The van der Waals surface area contributed by atoms with Gasteiger partial charge < -0.3 is 5.32 Å². The summed E-state index contributed by atoms with van der Waals surface area (Å²) in [5, 5.41) is 7.56. The molecule has 2 aliphatic rings. The topological polar surface area (TPSA) is 59.8 Å². The molecule has 31 heavy (non-hydrogen) atoms. The Hall–Kier alpha value is -3.16. The highest BCUT2D eigenvalue weighted by Gasteiger charge is 2.46. The smallest absolute Gasteiger partial charge is 0.341 e. The molecule has 2 aromatic heterocycles. The highest BCUT2D eigenvalue weighted by molar-refractivity contribution is 5.93. The summed E-state index contributed by atoms with van der Waals surface area (Å²) >= 11 is 0. The van der Waals surface area contributed by atoms with E-state index in [4.69, 9.17) is 0 Å². The van der Waals surface area contributed by atoms with Crippen molar-refractivity contribution in [3.8, 4) is 11.3 Å². The molecule has 0 radical (unpaired) electrons. The summed E-state index contributed by atoms with van der Waals surface area (Å²) in [7, 11) is 1.77. The van der Waals surface area contributed by atoms with E-state index in [1.165, 1.54) is 6.07 Å². The Kier molecular flexibility index (Phi) is 4.42. The van der Waals surface area contributed by atoms with Gasteiger partial charge in [-0.3, -0.25) is 14.5 Å². The molecule has 0 atom stereocenters. The van der Waals surface area contributed by atoms with Gasteiger partial charge in [0, 0.05) is 24.7 Å². The number of pyridine rings is 1. The van der Waals surface area contributed by atoms with Crippen LogP contribution in [0.5, 0.6) is 0 Å². The van der Waals surface area contributed by atoms with E-state index < -0.39 is 17.3 Å². The van der Waals surface area contributed by atoms with Crippen molar-refractivity contribution in [1.82, 2.24) is 20.1 Å². The Bertz CT molecular complexity index is 1140. The zero-order valence-electron chi connectivity index (χ0n) is 16.9. The largest absolute Gasteiger partial charge is 0.416 e. The molecule has 5 rings (SSSR count). The van der Waals surface area contributed by atoms with Crippen LogP contribution in [0.25, 0.3) is 11.3 Å². The molecule has 0 aliphatic heterocycles. The Morgan fingerprint density at radius 3 is 2.55 bits per heavy atom. The molecule has 0 spiro atoms. The van der Waals surface area contributed by atoms with Crippen LogP contribution in [0.2, 0.25) is 0 Å². The fraction of sp³-hybridized carbons (Fsp3) is 0.348. The number of amides is 1. The number of nitrogens with one attached hydrogen (secondary N) is 1. The van der Waals surface area contributed by atoms with Crippen LogP contribution < -0.4 is 5.32 Å². The van der Waals surface area contributed by atoms with E-state index in [0.29, 0.717) is 22.9 Å². The predicted octanol–water partition coefficient (Wildman–Crippen LogP) is 4.80. The van der Waals surface area contributed by atoms with Gasteiger partial charge in [0.2, 0.25) is 0 Å². The summed E-state index contributed by atoms with van der Waals surface area (Å²) in [4.78, 5) is 17.2. The van der Waals surface area contributed by atoms with E-state index in [2.05, 4.69) is 15.4 Å². The molecular formula is C23H21F3N4O. The second-order valence-electron chi connectivity index (χ2n) is 8.40. The fourth-order valence-corrected chi connectivity index (χ4v) is 3.88. The van der Waals surface area contributed by atoms with Crippen LogP contribution in [0.4, 0.5) is 13.2 Å². The van der Waals surface area contributed by atoms with E-state index in [9.17, 15) is 18.0 Å². The number of rotatable bonds is 5. The highest BCUT2D eigenvalue weighted by Crippen LogP contribution is 2.46. The molecule has 0 saturated heterocycles. The summed E-state index contributed by atoms with van der Waals surface area (Å²) in [6.45, 7) is 0. The standard InChI is InChI=1S/C23H21F3N4O/c1-30-20(12-19(29-30)14-5-6-14)21(31)28-22(9-10-22)17-7-8-18(27-13-17)15-3-2-4-16(11-15)23(24,25)26/h2-4,7-8,11-14H,5-6,9-10H2,1H3,(H,28,31). The normalized spacial score (nSPS) is 17.4. The lowest BCUT2D eigenvalue weighted by atomic mass is 10.0. The number of nitrogens with zero attached hydrogens (tertiary/aromatic N) is 3. The van der Waals surface area contributed by atoms with Gasteiger partial charge in [0.05, 0.1) is 22.5 Å². The molecule has 2 saturated carbocycles. The summed E-state index contributed by atoms with van der Waals surface area (Å²) in [5.41, 5.74) is 2.01. The van der Waals surface area contributed by atoms with Crippen molar-refractivity contribution in [3.63, 3.8) is 0 Å². The first-order chi connectivity index (χ1) is 14.7. The van der Waals surface area contributed by atoms with E-state index >= 15 is 0 Å². The first-order valence-electron chi connectivity index (χ1n) is 10.3. The van der Waals surface area contributed by atoms with Crippen LogP contribution in [0.3, 0.4) is 0 Å². The number of halogens is 3. The maximum absolute atomic E-state index is 13.0. The quantitative estimate of drug-likeness (QED) is 0.638. The fourth-order valence-electron chi connectivity index (χ4n) is 3.88. The third-order valence-electron chi connectivity index (χ3n) is 6.03. The minimum Gasteiger partial charge on any atom is -0.341 e. The van der Waals surface area contributed by atoms with Gasteiger partial charge in [-0.25, -0.2) is 0 Å². The maximum Gasteiger partial charge on any atom is 0.416 e. The minimum absolute atomic E-state index is 0.179. The van der Waals surface area contributed by atoms with Crippen LogP contribution >= 0.6 is 0 Å². The van der Waals surface area contributed by atoms with Crippen molar-refractivity contribution in [2.75, 3.05) is 0 Å². The summed E-state index contributed by atoms with van der Waals surface area (Å²) < 4.78 is 40.6. The molecule has 0 unspecified atom stereocenters. The van der Waals surface area contributed by atoms with Gasteiger partial charge in [-0.1, -0.05) is 18.2 Å². The summed E-state index contributed by atoms with van der Waals surface area (Å²) in [5.74, 6) is 0.289. The SMILES string of the molecule is Cn1nc(C2CC2)cc1C(=O)NC1(c2ccc(-c3cccc(C(F)(F)F)c3)nc2)CC1. The van der Waals surface area contributed by atoms with Crippen molar-refractivity contribution in [2.24, 2.45) is 7.05 Å². The van der Waals surface area contributed by atoms with E-state index in [0.717, 1.165) is 49.1 Å². The Morgan fingerprint density at radius 1 is 1.16 bits per heavy atom. The van der Waals surface area contributed by atoms with Gasteiger partial charge in [-0.2, -0.15) is 18.3 Å². The number of aryl methyl sites for hydroxylation is 1. The third kappa shape index (κ3) is 3.82. The first-order valence-corrected chi connectivity index (χ1v) is 10.3. The number of benzene rings is 1. The number of carbonyl (C=O) groups excluding carboxylic acids is 1. The molecule has 2 fully saturated rings. The average molecular weight is 426 g/mol. The van der Waals surface area contributed by atoms with Crippen molar-refractivity contribution >= 4 is 5.91 Å². The van der Waals surface area contributed by atoms with Gasteiger partial charge in [-0.05, 0) is 55.5 Å². The molecule has 1 N–H and O–H groups in total. The van der Waals surface area contributed by atoms with Crippen LogP contribution in [-0.2, 0) is 18.8 Å². The van der Waals surface area contributed by atoms with E-state index in [1.54, 1.807) is 30.1 Å². The van der Waals surface area contributed by atoms with Crippen LogP contribution in [-0.4, -0.2) is 20.7 Å². The van der Waals surface area contributed by atoms with Crippen LogP contribution in [0, 0.1) is 0 Å². The molecule has 1 aromatic carbocycles. The second-order valence-corrected chi connectivity index (χ2v) is 8.40. The van der Waals surface area contributed by atoms with E-state index in [-0.39, 0.29) is 5.91 Å². The van der Waals surface area contributed by atoms with Crippen molar-refractivity contribution < 1.29 is 18.0 Å². The number of hydrogen-bond acceptors (Lipinski definition) is 3. The van der Waals surface area contributed by atoms with Crippen LogP contribution in [0.1, 0.15) is 58.9 Å². The van der Waals surface area contributed by atoms with Gasteiger partial charge >= 0.3 is 6.18 Å². The monoisotopic (exact) mass is 426 g/mol. The number of hydrogen-bond donors (Lipinski definition) is 1. The van der Waals surface area contributed by atoms with E-state index in [1.807, 2.05) is 12.1 Å². The molecular weight excluding hydrogens is 405 g/mol. The molecule has 2 heterocycles. The second kappa shape index (κ2) is 6.93. The van der Waals surface area contributed by atoms with Crippen molar-refractivity contribution in [3.05, 3.63) is 71.2 Å². The number of carbonyl (C=O) groups is 1. The summed E-state index contributed by atoms with van der Waals surface area (Å²) in [6, 6.07) is 10.5. The lowest BCUT2D eigenvalue weighted by Gasteiger charge is -2.18. The van der Waals surface area contributed by atoms with Gasteiger partial charge in [0.15, 0.2) is 0 Å². The summed E-state index contributed by atoms with van der Waals surface area (Å²) in [6.07, 6.45) is 1.05. The van der Waals surface area contributed by atoms with Gasteiger partial charge in [0.1, 0.15) is 5.69 Å². The van der Waals surface area contributed by atoms with Gasteiger partial charge in [-0.15, -0.1) is 0 Å². The number of aromatic nitrogens is 3. The lowest BCUT2D eigenvalue weighted by molar-refractivity contribution is -0.137. The Balaban J connectivity index is 1.34. The number of alkyl halides is 3. The maximum atomic E-state index is 13.0. The minimum atomic E-state index is -4.40. The molecule has 0 bridgehead atoms. The Labute approximate surface area is 177 Å². The molecule has 1 amide bonds. The van der Waals surface area contributed by atoms with Crippen molar-refractivity contribution in [1.29, 1.82) is 0 Å². The zero-order chi connectivity index (χ0) is 21.8. The van der Waals surface area contributed by atoms with Gasteiger partial charge in [0.25, 0.3) is 5.91 Å². The Morgan fingerprint density at radius 2 is 1.94 bits per heavy atom. The molecule has 3 aromatic rings. The lowest BCUT2D eigenvalue weighted by Crippen LogP contribution is -2.36. The molecule has 2 aliphatic carbocycles. The van der Waals surface area contributed by atoms with Crippen LogP contribution in [0.15, 0.2) is 48.7 Å². The molecule has 8 heteroatoms. The highest BCUT2D eigenvalue weighted by atomic mass is 19.4. The zero-order valence-corrected chi connectivity index (χ0v) is 16.9. The molecule has 160 valence electrons. The first kappa shape index (κ1) is 19.8. The predicted molar refractivity (Wildman–Crippen MR) is 108 cm³/mol.